The zero-order chi connectivity index (χ0) is 16.1. The van der Waals surface area contributed by atoms with Gasteiger partial charge >= 0.3 is 5.97 Å². The standard InChI is InChI=1S/C16H33N3O2/c1-6-12-18-15(17-5)19-13-10-8-7-9-11-14(20)21-16(2,3)4/h6-13H2,1-5H3,(H2,17,18,19). The summed E-state index contributed by atoms with van der Waals surface area (Å²) in [6.07, 6.45) is 5.76. The second-order valence-corrected chi connectivity index (χ2v) is 6.18. The van der Waals surface area contributed by atoms with E-state index in [2.05, 4.69) is 22.5 Å². The number of rotatable bonds is 9. The van der Waals surface area contributed by atoms with Gasteiger partial charge in [0, 0.05) is 26.6 Å². The lowest BCUT2D eigenvalue weighted by atomic mass is 10.1. The quantitative estimate of drug-likeness (QED) is 0.297. The van der Waals surface area contributed by atoms with Crippen molar-refractivity contribution in [3.63, 3.8) is 0 Å². The molecule has 2 N–H and O–H groups in total. The first kappa shape index (κ1) is 19.7. The summed E-state index contributed by atoms with van der Waals surface area (Å²) in [5, 5.41) is 6.52. The first-order valence-corrected chi connectivity index (χ1v) is 8.05. The summed E-state index contributed by atoms with van der Waals surface area (Å²) in [6, 6.07) is 0. The minimum absolute atomic E-state index is 0.0928. The van der Waals surface area contributed by atoms with Gasteiger partial charge in [-0.05, 0) is 40.0 Å². The normalized spacial score (nSPS) is 12.1. The summed E-state index contributed by atoms with van der Waals surface area (Å²) in [5.41, 5.74) is -0.373. The Morgan fingerprint density at radius 2 is 1.67 bits per heavy atom. The first-order chi connectivity index (χ1) is 9.89. The van der Waals surface area contributed by atoms with Gasteiger partial charge in [-0.15, -0.1) is 0 Å². The molecule has 0 saturated heterocycles. The van der Waals surface area contributed by atoms with Crippen LogP contribution in [0.25, 0.3) is 0 Å². The molecule has 0 aliphatic rings. The second-order valence-electron chi connectivity index (χ2n) is 6.18. The predicted molar refractivity (Wildman–Crippen MR) is 88.6 cm³/mol. The lowest BCUT2D eigenvalue weighted by molar-refractivity contribution is -0.154. The molecule has 5 nitrogen and oxygen atoms in total. The van der Waals surface area contributed by atoms with E-state index in [1.54, 1.807) is 7.05 Å². The Balaban J connectivity index is 3.50. The average molecular weight is 299 g/mol. The van der Waals surface area contributed by atoms with Gasteiger partial charge in [0.2, 0.25) is 0 Å². The van der Waals surface area contributed by atoms with Gasteiger partial charge in [0.1, 0.15) is 5.60 Å². The second kappa shape index (κ2) is 11.4. The summed E-state index contributed by atoms with van der Waals surface area (Å²) in [7, 11) is 1.78. The van der Waals surface area contributed by atoms with Gasteiger partial charge in [-0.3, -0.25) is 9.79 Å². The summed E-state index contributed by atoms with van der Waals surface area (Å²) >= 11 is 0. The van der Waals surface area contributed by atoms with E-state index < -0.39 is 0 Å². The van der Waals surface area contributed by atoms with Crippen molar-refractivity contribution in [2.75, 3.05) is 20.1 Å². The Labute approximate surface area is 129 Å². The molecule has 0 aliphatic heterocycles. The number of esters is 1. The van der Waals surface area contributed by atoms with Crippen molar-refractivity contribution in [3.05, 3.63) is 0 Å². The molecule has 0 spiro atoms. The highest BCUT2D eigenvalue weighted by Crippen LogP contribution is 2.10. The van der Waals surface area contributed by atoms with Crippen molar-refractivity contribution in [2.24, 2.45) is 4.99 Å². The SMILES string of the molecule is CCCNC(=NC)NCCCCCCC(=O)OC(C)(C)C. The van der Waals surface area contributed by atoms with Crippen LogP contribution in [0.5, 0.6) is 0 Å². The molecular formula is C16H33N3O2. The van der Waals surface area contributed by atoms with Crippen molar-refractivity contribution in [3.8, 4) is 0 Å². The maximum Gasteiger partial charge on any atom is 0.306 e. The van der Waals surface area contributed by atoms with E-state index >= 15 is 0 Å². The van der Waals surface area contributed by atoms with Crippen molar-refractivity contribution in [1.82, 2.24) is 10.6 Å². The number of carbonyl (C=O) groups is 1. The zero-order valence-electron chi connectivity index (χ0n) is 14.4. The fourth-order valence-electron chi connectivity index (χ4n) is 1.81. The molecular weight excluding hydrogens is 266 g/mol. The van der Waals surface area contributed by atoms with Crippen molar-refractivity contribution < 1.29 is 9.53 Å². The highest BCUT2D eigenvalue weighted by atomic mass is 16.6. The number of ether oxygens (including phenoxy) is 1. The summed E-state index contributed by atoms with van der Waals surface area (Å²) in [5.74, 6) is 0.774. The van der Waals surface area contributed by atoms with E-state index in [1.165, 1.54) is 0 Å². The molecule has 0 radical (unpaired) electrons. The number of hydrogen-bond acceptors (Lipinski definition) is 3. The van der Waals surface area contributed by atoms with Crippen LogP contribution in [0.1, 0.15) is 66.2 Å². The summed E-state index contributed by atoms with van der Waals surface area (Å²) in [4.78, 5) is 15.7. The topological polar surface area (TPSA) is 62.7 Å². The third-order valence-electron chi connectivity index (χ3n) is 2.79. The molecule has 0 aromatic rings. The molecule has 0 amide bonds. The Hall–Kier alpha value is -1.26. The molecule has 0 heterocycles. The third-order valence-corrected chi connectivity index (χ3v) is 2.79. The fraction of sp³-hybridized carbons (Fsp3) is 0.875. The number of aliphatic imine (C=N–C) groups is 1. The van der Waals surface area contributed by atoms with Gasteiger partial charge in [0.25, 0.3) is 0 Å². The lowest BCUT2D eigenvalue weighted by Crippen LogP contribution is -2.38. The third kappa shape index (κ3) is 13.5. The van der Waals surface area contributed by atoms with Crippen LogP contribution in [0.3, 0.4) is 0 Å². The Bertz CT molecular complexity index is 309. The van der Waals surface area contributed by atoms with Crippen LogP contribution in [-0.2, 0) is 9.53 Å². The van der Waals surface area contributed by atoms with Crippen molar-refractivity contribution in [2.45, 2.75) is 71.8 Å². The maximum atomic E-state index is 11.5. The average Bonchev–Trinajstić information content (AvgIpc) is 2.39. The van der Waals surface area contributed by atoms with Gasteiger partial charge in [-0.2, -0.15) is 0 Å². The molecule has 124 valence electrons. The van der Waals surface area contributed by atoms with Crippen molar-refractivity contribution in [1.29, 1.82) is 0 Å². The Morgan fingerprint density at radius 1 is 1.05 bits per heavy atom. The molecule has 0 fully saturated rings. The maximum absolute atomic E-state index is 11.5. The minimum Gasteiger partial charge on any atom is -0.460 e. The zero-order valence-corrected chi connectivity index (χ0v) is 14.4. The molecule has 0 bridgehead atoms. The minimum atomic E-state index is -0.373. The van der Waals surface area contributed by atoms with E-state index in [9.17, 15) is 4.79 Å². The smallest absolute Gasteiger partial charge is 0.306 e. The molecule has 0 aromatic carbocycles. The van der Waals surface area contributed by atoms with Crippen molar-refractivity contribution >= 4 is 11.9 Å². The summed E-state index contributed by atoms with van der Waals surface area (Å²) in [6.45, 7) is 9.68. The first-order valence-electron chi connectivity index (χ1n) is 8.05. The van der Waals surface area contributed by atoms with Crippen LogP contribution in [0.4, 0.5) is 0 Å². The van der Waals surface area contributed by atoms with Crippen LogP contribution in [0, 0.1) is 0 Å². The van der Waals surface area contributed by atoms with Gasteiger partial charge in [0.05, 0.1) is 0 Å². The van der Waals surface area contributed by atoms with E-state index in [-0.39, 0.29) is 11.6 Å². The van der Waals surface area contributed by atoms with Crippen LogP contribution in [-0.4, -0.2) is 37.7 Å². The van der Waals surface area contributed by atoms with E-state index in [0.29, 0.717) is 6.42 Å². The number of hydrogen-bond donors (Lipinski definition) is 2. The largest absolute Gasteiger partial charge is 0.460 e. The molecule has 0 rings (SSSR count). The monoisotopic (exact) mass is 299 g/mol. The number of unbranched alkanes of at least 4 members (excludes halogenated alkanes) is 3. The van der Waals surface area contributed by atoms with E-state index in [1.807, 2.05) is 20.8 Å². The Morgan fingerprint density at radius 3 is 2.24 bits per heavy atom. The molecule has 0 aliphatic carbocycles. The lowest BCUT2D eigenvalue weighted by Gasteiger charge is -2.19. The van der Waals surface area contributed by atoms with Crippen LogP contribution >= 0.6 is 0 Å². The van der Waals surface area contributed by atoms with Gasteiger partial charge < -0.3 is 15.4 Å². The molecule has 0 atom stereocenters. The van der Waals surface area contributed by atoms with E-state index in [4.69, 9.17) is 4.74 Å². The molecule has 0 saturated carbocycles. The van der Waals surface area contributed by atoms with Crippen LogP contribution in [0.15, 0.2) is 4.99 Å². The van der Waals surface area contributed by atoms with Gasteiger partial charge in [-0.1, -0.05) is 19.8 Å². The highest BCUT2D eigenvalue weighted by Gasteiger charge is 2.15. The number of guanidine groups is 1. The molecule has 21 heavy (non-hydrogen) atoms. The molecule has 5 heteroatoms. The van der Waals surface area contributed by atoms with Gasteiger partial charge in [0.15, 0.2) is 5.96 Å². The Kier molecular flexibility index (Phi) is 10.7. The molecule has 0 unspecified atom stereocenters. The van der Waals surface area contributed by atoms with Crippen LogP contribution in [0.2, 0.25) is 0 Å². The highest BCUT2D eigenvalue weighted by molar-refractivity contribution is 5.79. The summed E-state index contributed by atoms with van der Waals surface area (Å²) < 4.78 is 5.27. The number of carbonyl (C=O) groups excluding carboxylic acids is 1. The van der Waals surface area contributed by atoms with Gasteiger partial charge in [-0.25, -0.2) is 0 Å². The fourth-order valence-corrected chi connectivity index (χ4v) is 1.81. The van der Waals surface area contributed by atoms with E-state index in [0.717, 1.165) is 51.2 Å². The predicted octanol–water partition coefficient (Wildman–Crippen LogP) is 2.85. The van der Waals surface area contributed by atoms with Crippen LogP contribution < -0.4 is 10.6 Å². The molecule has 0 aromatic heterocycles. The number of nitrogens with zero attached hydrogens (tertiary/aromatic N) is 1. The number of nitrogens with one attached hydrogen (secondary N) is 2.